The van der Waals surface area contributed by atoms with E-state index in [4.69, 9.17) is 0 Å². The maximum Gasteiger partial charge on any atom is 0.250 e. The number of carbonyl (C=O) groups excluding carboxylic acids is 1. The molecule has 3 aromatic carbocycles. The summed E-state index contributed by atoms with van der Waals surface area (Å²) in [5.74, 6) is 0.476. The van der Waals surface area contributed by atoms with Gasteiger partial charge in [-0.25, -0.2) is 0 Å². The largest absolute Gasteiger partial charge is 0.368 e. The fourth-order valence-corrected chi connectivity index (χ4v) is 4.08. The Hall–Kier alpha value is -3.21. The van der Waals surface area contributed by atoms with Crippen LogP contribution < -0.4 is 20.7 Å². The predicted molar refractivity (Wildman–Crippen MR) is 122 cm³/mol. The van der Waals surface area contributed by atoms with Crippen molar-refractivity contribution in [2.24, 2.45) is 0 Å². The Kier molecular flexibility index (Phi) is 5.29. The van der Waals surface area contributed by atoms with Gasteiger partial charge in [-0.2, -0.15) is 0 Å². The summed E-state index contributed by atoms with van der Waals surface area (Å²) in [5, 5.41) is 0. The van der Waals surface area contributed by atoms with Crippen molar-refractivity contribution in [3.63, 3.8) is 0 Å². The van der Waals surface area contributed by atoms with Crippen LogP contribution in [0.2, 0.25) is 0 Å². The van der Waals surface area contributed by atoms with E-state index in [9.17, 15) is 14.4 Å². The topological polar surface area (TPSA) is 57.7 Å². The van der Waals surface area contributed by atoms with E-state index >= 15 is 0 Å². The van der Waals surface area contributed by atoms with Crippen molar-refractivity contribution in [2.75, 3.05) is 36.0 Å². The normalized spacial score (nSPS) is 14.5. The molecule has 1 saturated heterocycles. The summed E-state index contributed by atoms with van der Waals surface area (Å²) in [5.41, 5.74) is 4.15. The highest BCUT2D eigenvalue weighted by Crippen LogP contribution is 2.29. The highest BCUT2D eigenvalue weighted by atomic mass is 16.2. The number of piperazine rings is 1. The Balaban J connectivity index is 1.50. The molecule has 0 aromatic heterocycles. The Morgan fingerprint density at radius 3 is 1.90 bits per heavy atom. The molecular weight excluding hydrogens is 376 g/mol. The molecule has 0 radical (unpaired) electrons. The van der Waals surface area contributed by atoms with Gasteiger partial charge in [0, 0.05) is 37.4 Å². The second kappa shape index (κ2) is 7.90. The van der Waals surface area contributed by atoms with Crippen LogP contribution in [0, 0.1) is 0 Å². The Morgan fingerprint density at radius 2 is 1.37 bits per heavy atom. The van der Waals surface area contributed by atoms with E-state index < -0.39 is 0 Å². The second-order valence-electron chi connectivity index (χ2n) is 8.24. The average molecular weight is 402 g/mol. The summed E-state index contributed by atoms with van der Waals surface area (Å²) < 4.78 is 0. The van der Waals surface area contributed by atoms with Crippen molar-refractivity contribution in [2.45, 2.75) is 26.7 Å². The van der Waals surface area contributed by atoms with Gasteiger partial charge in [-0.15, -0.1) is 0 Å². The predicted octanol–water partition coefficient (Wildman–Crippen LogP) is 3.60. The number of carbonyl (C=O) groups is 1. The van der Waals surface area contributed by atoms with Crippen molar-refractivity contribution in [3.05, 3.63) is 80.1 Å². The zero-order valence-electron chi connectivity index (χ0n) is 17.6. The van der Waals surface area contributed by atoms with E-state index in [0.717, 1.165) is 24.3 Å². The van der Waals surface area contributed by atoms with Crippen molar-refractivity contribution >= 4 is 17.2 Å². The Bertz CT molecular complexity index is 1130. The van der Waals surface area contributed by atoms with Crippen molar-refractivity contribution in [1.29, 1.82) is 0 Å². The summed E-state index contributed by atoms with van der Waals surface area (Å²) in [6.45, 7) is 8.68. The molecule has 5 nitrogen and oxygen atoms in total. The summed E-state index contributed by atoms with van der Waals surface area (Å²) in [4.78, 5) is 40.5. The molecule has 0 amide bonds. The molecular formula is C25H26N2O3. The van der Waals surface area contributed by atoms with Crippen LogP contribution in [0.1, 0.15) is 42.6 Å². The Labute approximate surface area is 176 Å². The molecule has 0 aliphatic carbocycles. The fourth-order valence-electron chi connectivity index (χ4n) is 4.08. The highest BCUT2D eigenvalue weighted by Gasteiger charge is 2.29. The molecule has 3 aromatic rings. The zero-order valence-corrected chi connectivity index (χ0v) is 17.6. The lowest BCUT2D eigenvalue weighted by atomic mass is 9.94. The lowest BCUT2D eigenvalue weighted by Gasteiger charge is -2.38. The van der Waals surface area contributed by atoms with Gasteiger partial charge in [0.2, 0.25) is 10.9 Å². The molecule has 1 fully saturated rings. The molecule has 0 unspecified atom stereocenters. The van der Waals surface area contributed by atoms with Crippen LogP contribution in [0.4, 0.5) is 11.4 Å². The minimum atomic E-state index is -0.385. The lowest BCUT2D eigenvalue weighted by Crippen LogP contribution is -2.51. The van der Waals surface area contributed by atoms with E-state index in [0.29, 0.717) is 35.8 Å². The van der Waals surface area contributed by atoms with Crippen molar-refractivity contribution < 1.29 is 4.79 Å². The number of hydrogen-bond acceptors (Lipinski definition) is 5. The third-order valence-electron chi connectivity index (χ3n) is 5.99. The first-order chi connectivity index (χ1) is 14.4. The molecule has 0 spiro atoms. The summed E-state index contributed by atoms with van der Waals surface area (Å²) in [7, 11) is 0. The smallest absolute Gasteiger partial charge is 0.250 e. The molecule has 1 aliphatic heterocycles. The van der Waals surface area contributed by atoms with Gasteiger partial charge in [-0.3, -0.25) is 14.4 Å². The maximum atomic E-state index is 12.4. The molecule has 30 heavy (non-hydrogen) atoms. The van der Waals surface area contributed by atoms with Crippen LogP contribution in [-0.2, 0) is 0 Å². The maximum absolute atomic E-state index is 12.4. The van der Waals surface area contributed by atoms with Gasteiger partial charge in [-0.05, 0) is 48.2 Å². The van der Waals surface area contributed by atoms with Crippen LogP contribution in [0.25, 0.3) is 11.1 Å². The zero-order chi connectivity index (χ0) is 21.4. The molecule has 1 heterocycles. The van der Waals surface area contributed by atoms with Crippen LogP contribution in [0.5, 0.6) is 0 Å². The van der Waals surface area contributed by atoms with Crippen LogP contribution in [-0.4, -0.2) is 32.0 Å². The highest BCUT2D eigenvalue weighted by molar-refractivity contribution is 5.94. The SMILES string of the molecule is CC(=O)c1ccc(N2CCN(c3c(-c4ccc(C(C)C)cc4)c(=O)c3=O)CC2)cc1. The van der Waals surface area contributed by atoms with Crippen molar-refractivity contribution in [3.8, 4) is 11.1 Å². The quantitative estimate of drug-likeness (QED) is 0.482. The summed E-state index contributed by atoms with van der Waals surface area (Å²) in [6, 6.07) is 15.6. The third-order valence-corrected chi connectivity index (χ3v) is 5.99. The fraction of sp³-hybridized carbons (Fsp3) is 0.320. The molecule has 5 heteroatoms. The number of hydrogen-bond donors (Lipinski definition) is 0. The summed E-state index contributed by atoms with van der Waals surface area (Å²) >= 11 is 0. The van der Waals surface area contributed by atoms with E-state index in [2.05, 4.69) is 18.7 Å². The van der Waals surface area contributed by atoms with Gasteiger partial charge >= 0.3 is 0 Å². The van der Waals surface area contributed by atoms with Crippen LogP contribution in [0.15, 0.2) is 58.1 Å². The average Bonchev–Trinajstić information content (AvgIpc) is 2.77. The molecule has 0 saturated carbocycles. The van der Waals surface area contributed by atoms with E-state index in [1.165, 1.54) is 5.56 Å². The second-order valence-corrected chi connectivity index (χ2v) is 8.24. The molecule has 4 rings (SSSR count). The molecule has 154 valence electrons. The molecule has 1 aliphatic rings. The minimum Gasteiger partial charge on any atom is -0.368 e. The van der Waals surface area contributed by atoms with Gasteiger partial charge < -0.3 is 9.80 Å². The van der Waals surface area contributed by atoms with Gasteiger partial charge in [0.25, 0.3) is 0 Å². The Morgan fingerprint density at radius 1 is 0.800 bits per heavy atom. The molecule has 0 bridgehead atoms. The van der Waals surface area contributed by atoms with Crippen LogP contribution >= 0.6 is 0 Å². The van der Waals surface area contributed by atoms with E-state index in [-0.39, 0.29) is 16.6 Å². The number of ketones is 1. The molecule has 0 N–H and O–H groups in total. The van der Waals surface area contributed by atoms with Gasteiger partial charge in [0.1, 0.15) is 5.69 Å². The lowest BCUT2D eigenvalue weighted by molar-refractivity contribution is 0.101. The number of Topliss-reactive ketones (excluding diaryl/α,β-unsaturated/α-hetero) is 1. The van der Waals surface area contributed by atoms with Gasteiger partial charge in [0.05, 0.1) is 5.56 Å². The number of nitrogens with zero attached hydrogens (tertiary/aromatic N) is 2. The van der Waals surface area contributed by atoms with Gasteiger partial charge in [0.15, 0.2) is 5.78 Å². The standard InChI is InChI=1S/C25H26N2O3/c1-16(2)18-4-6-20(7-5-18)22-23(25(30)24(22)29)27-14-12-26(13-15-27)21-10-8-19(9-11-21)17(3)28/h4-11,16H,12-15H2,1-3H3. The number of rotatable bonds is 5. The van der Waals surface area contributed by atoms with E-state index in [1.807, 2.05) is 53.4 Å². The number of benzene rings is 2. The van der Waals surface area contributed by atoms with Crippen molar-refractivity contribution in [1.82, 2.24) is 0 Å². The van der Waals surface area contributed by atoms with Crippen LogP contribution in [0.3, 0.4) is 0 Å². The minimum absolute atomic E-state index is 0.0559. The van der Waals surface area contributed by atoms with E-state index in [1.54, 1.807) is 6.92 Å². The molecule has 0 atom stereocenters. The first kappa shape index (κ1) is 20.1. The number of anilines is 2. The monoisotopic (exact) mass is 402 g/mol. The third kappa shape index (κ3) is 3.56. The summed E-state index contributed by atoms with van der Waals surface area (Å²) in [6.07, 6.45) is 0. The van der Waals surface area contributed by atoms with Gasteiger partial charge in [-0.1, -0.05) is 38.1 Å². The first-order valence-electron chi connectivity index (χ1n) is 10.4. The first-order valence-corrected chi connectivity index (χ1v) is 10.4.